The fourth-order valence-electron chi connectivity index (χ4n) is 1.16. The summed E-state index contributed by atoms with van der Waals surface area (Å²) in [6.07, 6.45) is 1.24. The summed E-state index contributed by atoms with van der Waals surface area (Å²) in [6, 6.07) is 0.183. The highest BCUT2D eigenvalue weighted by molar-refractivity contribution is 7.99. The lowest BCUT2D eigenvalue weighted by molar-refractivity contribution is 0.249. The fraction of sp³-hybridized carbons (Fsp3) is 0.857. The maximum atomic E-state index is 10.3. The molecular weight excluding hydrogens is 174 g/mol. The van der Waals surface area contributed by atoms with E-state index in [0.717, 1.165) is 6.54 Å². The van der Waals surface area contributed by atoms with Crippen molar-refractivity contribution >= 4 is 17.8 Å². The molecule has 1 aliphatic rings. The Hall–Kier alpha value is -0.420. The van der Waals surface area contributed by atoms with Crippen molar-refractivity contribution < 1.29 is 4.79 Å². The van der Waals surface area contributed by atoms with E-state index in [9.17, 15) is 4.79 Å². The molecule has 1 atom stereocenters. The Morgan fingerprint density at radius 1 is 1.58 bits per heavy atom. The molecule has 0 radical (unpaired) electrons. The third kappa shape index (κ3) is 3.82. The second-order valence-electron chi connectivity index (χ2n) is 2.81. The average molecular weight is 189 g/mol. The summed E-state index contributed by atoms with van der Waals surface area (Å²) >= 11 is 1.97. The second-order valence-corrected chi connectivity index (χ2v) is 3.96. The molecule has 70 valence electrons. The number of thioether (sulfide) groups is 1. The first-order chi connectivity index (χ1) is 5.79. The number of nitrogens with two attached hydrogens (primary N) is 1. The van der Waals surface area contributed by atoms with E-state index in [4.69, 9.17) is 5.73 Å². The van der Waals surface area contributed by atoms with Crippen LogP contribution in [0, 0.1) is 0 Å². The standard InChI is InChI=1S/C7H15N3OS/c8-7(11)10-3-2-9-6-1-4-12-5-6/h6,9H,1-5H2,(H3,8,10,11). The number of primary amides is 1. The maximum absolute atomic E-state index is 10.3. The highest BCUT2D eigenvalue weighted by atomic mass is 32.2. The molecule has 1 fully saturated rings. The Morgan fingerprint density at radius 2 is 2.42 bits per heavy atom. The highest BCUT2D eigenvalue weighted by Crippen LogP contribution is 2.16. The molecule has 1 aliphatic heterocycles. The minimum atomic E-state index is -0.447. The van der Waals surface area contributed by atoms with Crippen LogP contribution in [0.25, 0.3) is 0 Å². The van der Waals surface area contributed by atoms with Crippen molar-refractivity contribution in [1.82, 2.24) is 10.6 Å². The van der Waals surface area contributed by atoms with Gasteiger partial charge in [0.15, 0.2) is 0 Å². The third-order valence-electron chi connectivity index (χ3n) is 1.79. The number of urea groups is 1. The van der Waals surface area contributed by atoms with Crippen LogP contribution in [0.3, 0.4) is 0 Å². The van der Waals surface area contributed by atoms with E-state index in [-0.39, 0.29) is 0 Å². The summed E-state index contributed by atoms with van der Waals surface area (Å²) in [6.45, 7) is 1.44. The van der Waals surface area contributed by atoms with E-state index in [1.165, 1.54) is 17.9 Å². The van der Waals surface area contributed by atoms with E-state index in [2.05, 4.69) is 10.6 Å². The van der Waals surface area contributed by atoms with Crippen LogP contribution >= 0.6 is 11.8 Å². The van der Waals surface area contributed by atoms with Crippen molar-refractivity contribution in [3.63, 3.8) is 0 Å². The number of carbonyl (C=O) groups is 1. The van der Waals surface area contributed by atoms with Gasteiger partial charge in [-0.05, 0) is 12.2 Å². The highest BCUT2D eigenvalue weighted by Gasteiger charge is 2.13. The number of hydrogen-bond acceptors (Lipinski definition) is 3. The average Bonchev–Trinajstić information content (AvgIpc) is 2.49. The Balaban J connectivity index is 1.91. The normalized spacial score (nSPS) is 22.5. The maximum Gasteiger partial charge on any atom is 0.312 e. The van der Waals surface area contributed by atoms with Crippen LogP contribution in [0.1, 0.15) is 6.42 Å². The molecule has 1 rings (SSSR count). The van der Waals surface area contributed by atoms with Crippen LogP contribution in [0.2, 0.25) is 0 Å². The van der Waals surface area contributed by atoms with Gasteiger partial charge < -0.3 is 16.4 Å². The zero-order valence-electron chi connectivity index (χ0n) is 7.01. The SMILES string of the molecule is NC(=O)NCCNC1CCSC1. The van der Waals surface area contributed by atoms with Crippen molar-refractivity contribution in [2.45, 2.75) is 12.5 Å². The van der Waals surface area contributed by atoms with Gasteiger partial charge in [0.1, 0.15) is 0 Å². The van der Waals surface area contributed by atoms with Crippen molar-refractivity contribution in [1.29, 1.82) is 0 Å². The summed E-state index contributed by atoms with van der Waals surface area (Å²) in [4.78, 5) is 10.3. The quantitative estimate of drug-likeness (QED) is 0.534. The van der Waals surface area contributed by atoms with E-state index in [1.54, 1.807) is 0 Å². The van der Waals surface area contributed by atoms with Gasteiger partial charge in [0.05, 0.1) is 0 Å². The summed E-state index contributed by atoms with van der Waals surface area (Å²) in [7, 11) is 0. The van der Waals surface area contributed by atoms with Crippen molar-refractivity contribution in [3.8, 4) is 0 Å². The Labute approximate surface area is 76.6 Å². The molecule has 4 N–H and O–H groups in total. The van der Waals surface area contributed by atoms with E-state index < -0.39 is 6.03 Å². The second kappa shape index (κ2) is 5.27. The van der Waals surface area contributed by atoms with Gasteiger partial charge in [-0.2, -0.15) is 11.8 Å². The predicted molar refractivity (Wildman–Crippen MR) is 51.3 cm³/mol. The van der Waals surface area contributed by atoms with E-state index in [1.807, 2.05) is 11.8 Å². The summed E-state index contributed by atoms with van der Waals surface area (Å²) in [5.41, 5.74) is 4.90. The minimum Gasteiger partial charge on any atom is -0.352 e. The van der Waals surface area contributed by atoms with Crippen LogP contribution in [0.5, 0.6) is 0 Å². The first kappa shape index (κ1) is 9.67. The molecule has 0 saturated carbocycles. The number of rotatable bonds is 4. The predicted octanol–water partition coefficient (Wildman–Crippen LogP) is -0.250. The largest absolute Gasteiger partial charge is 0.352 e. The van der Waals surface area contributed by atoms with Gasteiger partial charge in [-0.3, -0.25) is 0 Å². The molecule has 2 amide bonds. The zero-order valence-corrected chi connectivity index (χ0v) is 7.82. The molecule has 0 aromatic heterocycles. The molecule has 0 aromatic rings. The van der Waals surface area contributed by atoms with Gasteiger partial charge in [-0.15, -0.1) is 0 Å². The molecule has 0 aliphatic carbocycles. The van der Waals surface area contributed by atoms with Crippen molar-refractivity contribution in [3.05, 3.63) is 0 Å². The van der Waals surface area contributed by atoms with E-state index in [0.29, 0.717) is 12.6 Å². The lowest BCUT2D eigenvalue weighted by Crippen LogP contribution is -2.38. The third-order valence-corrected chi connectivity index (χ3v) is 2.95. The first-order valence-electron chi connectivity index (χ1n) is 4.13. The van der Waals surface area contributed by atoms with Gasteiger partial charge in [0.2, 0.25) is 0 Å². The lowest BCUT2D eigenvalue weighted by Gasteiger charge is -2.10. The van der Waals surface area contributed by atoms with Gasteiger partial charge in [0, 0.05) is 24.9 Å². The minimum absolute atomic E-state index is 0.447. The van der Waals surface area contributed by atoms with Gasteiger partial charge >= 0.3 is 6.03 Å². The molecular formula is C7H15N3OS. The monoisotopic (exact) mass is 189 g/mol. The summed E-state index contributed by atoms with van der Waals surface area (Å²) in [5, 5.41) is 5.88. The topological polar surface area (TPSA) is 67.2 Å². The van der Waals surface area contributed by atoms with E-state index >= 15 is 0 Å². The Kier molecular flexibility index (Phi) is 4.24. The number of hydrogen-bond donors (Lipinski definition) is 3. The van der Waals surface area contributed by atoms with Crippen LogP contribution in [-0.2, 0) is 0 Å². The molecule has 0 bridgehead atoms. The van der Waals surface area contributed by atoms with Crippen LogP contribution < -0.4 is 16.4 Å². The molecule has 0 spiro atoms. The molecule has 0 aromatic carbocycles. The molecule has 1 saturated heterocycles. The molecule has 5 heteroatoms. The first-order valence-corrected chi connectivity index (χ1v) is 5.29. The van der Waals surface area contributed by atoms with Crippen molar-refractivity contribution in [2.75, 3.05) is 24.6 Å². The summed E-state index contributed by atoms with van der Waals surface area (Å²) in [5.74, 6) is 2.44. The molecule has 1 unspecified atom stereocenters. The smallest absolute Gasteiger partial charge is 0.312 e. The van der Waals surface area contributed by atoms with Gasteiger partial charge in [-0.25, -0.2) is 4.79 Å². The molecule has 12 heavy (non-hydrogen) atoms. The molecule has 1 heterocycles. The number of amides is 2. The van der Waals surface area contributed by atoms with Crippen LogP contribution in [0.4, 0.5) is 4.79 Å². The number of nitrogens with one attached hydrogen (secondary N) is 2. The molecule has 4 nitrogen and oxygen atoms in total. The van der Waals surface area contributed by atoms with Gasteiger partial charge in [-0.1, -0.05) is 0 Å². The Bertz CT molecular complexity index is 148. The number of carbonyl (C=O) groups excluding carboxylic acids is 1. The van der Waals surface area contributed by atoms with Crippen LogP contribution in [-0.4, -0.2) is 36.7 Å². The lowest BCUT2D eigenvalue weighted by atomic mass is 10.3. The van der Waals surface area contributed by atoms with Crippen molar-refractivity contribution in [2.24, 2.45) is 5.73 Å². The Morgan fingerprint density at radius 3 is 3.00 bits per heavy atom. The fourth-order valence-corrected chi connectivity index (χ4v) is 2.34. The van der Waals surface area contributed by atoms with Gasteiger partial charge in [0.25, 0.3) is 0 Å². The summed E-state index contributed by atoms with van der Waals surface area (Å²) < 4.78 is 0. The zero-order chi connectivity index (χ0) is 8.81. The van der Waals surface area contributed by atoms with Crippen LogP contribution in [0.15, 0.2) is 0 Å².